The zero-order valence-corrected chi connectivity index (χ0v) is 24.7. The Kier molecular flexibility index (Phi) is 8.41. The quantitative estimate of drug-likeness (QED) is 0.182. The Morgan fingerprint density at radius 2 is 1.59 bits per heavy atom. The molecule has 0 fully saturated rings. The second kappa shape index (κ2) is 12.1. The Labute approximate surface area is 244 Å². The van der Waals surface area contributed by atoms with Gasteiger partial charge < -0.3 is 15.2 Å². The van der Waals surface area contributed by atoms with Crippen molar-refractivity contribution < 1.29 is 19.4 Å². The first kappa shape index (κ1) is 28.4. The number of carbonyl (C=O) groups is 2. The van der Waals surface area contributed by atoms with E-state index >= 15 is 0 Å². The first-order valence-corrected chi connectivity index (χ1v) is 14.9. The van der Waals surface area contributed by atoms with Gasteiger partial charge in [-0.25, -0.2) is 0 Å². The van der Waals surface area contributed by atoms with Crippen LogP contribution in [0.15, 0.2) is 72.8 Å². The van der Waals surface area contributed by atoms with E-state index < -0.39 is 24.5 Å². The lowest BCUT2D eigenvalue weighted by atomic mass is 9.89. The van der Waals surface area contributed by atoms with Crippen LogP contribution < -0.4 is 10.1 Å². The van der Waals surface area contributed by atoms with Crippen LogP contribution in [-0.4, -0.2) is 29.6 Å². The fourth-order valence-corrected chi connectivity index (χ4v) is 6.63. The van der Waals surface area contributed by atoms with Crippen molar-refractivity contribution in [3.63, 3.8) is 0 Å². The van der Waals surface area contributed by atoms with E-state index in [1.807, 2.05) is 41.7 Å². The van der Waals surface area contributed by atoms with Gasteiger partial charge in [0.2, 0.25) is 0 Å². The van der Waals surface area contributed by atoms with Gasteiger partial charge in [0.15, 0.2) is 6.10 Å². The number of carbonyl (C=O) groups excluding carboxylic acids is 1. The largest absolute Gasteiger partial charge is 0.480 e. The normalized spacial score (nSPS) is 12.0. The van der Waals surface area contributed by atoms with Gasteiger partial charge in [-0.3, -0.25) is 9.59 Å². The number of ether oxygens (including phenoxy) is 1. The Morgan fingerprint density at radius 3 is 2.24 bits per heavy atom. The van der Waals surface area contributed by atoms with Crippen molar-refractivity contribution in [2.45, 2.75) is 53.1 Å². The van der Waals surface area contributed by atoms with Gasteiger partial charge in [0.05, 0.1) is 0 Å². The second-order valence-corrected chi connectivity index (χ2v) is 11.6. The molecule has 5 aromatic rings. The zero-order valence-electron chi connectivity index (χ0n) is 23.9. The van der Waals surface area contributed by atoms with Crippen LogP contribution in [-0.2, 0) is 28.9 Å². The van der Waals surface area contributed by atoms with Gasteiger partial charge in [-0.2, -0.15) is 0 Å². The highest BCUT2D eigenvalue weighted by Gasteiger charge is 2.25. The molecule has 4 aromatic carbocycles. The molecule has 0 bridgehead atoms. The fraction of sp³-hybridized carbons (Fsp3) is 0.257. The monoisotopic (exact) mass is 565 g/mol. The summed E-state index contributed by atoms with van der Waals surface area (Å²) in [5.41, 5.74) is 6.67. The van der Waals surface area contributed by atoms with Gasteiger partial charge in [-0.15, -0.1) is 11.3 Å². The molecule has 5 rings (SSSR count). The van der Waals surface area contributed by atoms with Gasteiger partial charge in [0.1, 0.15) is 12.3 Å². The maximum absolute atomic E-state index is 13.2. The van der Waals surface area contributed by atoms with E-state index in [0.29, 0.717) is 12.2 Å². The number of hydrogen-bond acceptors (Lipinski definition) is 4. The lowest BCUT2D eigenvalue weighted by Gasteiger charge is -2.24. The summed E-state index contributed by atoms with van der Waals surface area (Å²) in [5.74, 6) is -0.825. The molecule has 210 valence electrons. The van der Waals surface area contributed by atoms with E-state index in [4.69, 9.17) is 9.84 Å². The Hall–Kier alpha value is -4.16. The van der Waals surface area contributed by atoms with E-state index in [1.165, 1.54) is 36.9 Å². The predicted molar refractivity (Wildman–Crippen MR) is 168 cm³/mol. The molecule has 0 saturated carbocycles. The molecule has 0 aliphatic heterocycles. The molecule has 2 N–H and O–H groups in total. The molecule has 5 nitrogen and oxygen atoms in total. The maximum Gasteiger partial charge on any atom is 0.322 e. The lowest BCUT2D eigenvalue weighted by Crippen LogP contribution is -2.42. The summed E-state index contributed by atoms with van der Waals surface area (Å²) < 4.78 is 7.83. The number of amides is 1. The van der Waals surface area contributed by atoms with E-state index in [2.05, 4.69) is 75.5 Å². The third kappa shape index (κ3) is 5.84. The molecule has 6 heteroatoms. The number of aliphatic carboxylic acids is 1. The molecule has 0 aliphatic carbocycles. The van der Waals surface area contributed by atoms with Crippen molar-refractivity contribution in [3.05, 3.63) is 99.9 Å². The van der Waals surface area contributed by atoms with Crippen LogP contribution in [0.3, 0.4) is 0 Å². The number of nitrogens with one attached hydrogen (secondary N) is 1. The highest BCUT2D eigenvalue weighted by atomic mass is 32.1. The predicted octanol–water partition coefficient (Wildman–Crippen LogP) is 7.65. The zero-order chi connectivity index (χ0) is 29.1. The number of thiophene rings is 1. The highest BCUT2D eigenvalue weighted by Crippen LogP contribution is 2.44. The number of aryl methyl sites for hydroxylation is 4. The number of rotatable bonds is 10. The average molecular weight is 566 g/mol. The number of fused-ring (bicyclic) bond motifs is 2. The van der Waals surface area contributed by atoms with Gasteiger partial charge >= 0.3 is 5.97 Å². The van der Waals surface area contributed by atoms with Crippen molar-refractivity contribution in [2.24, 2.45) is 0 Å². The minimum atomic E-state index is -1.09. The van der Waals surface area contributed by atoms with Crippen molar-refractivity contribution in [2.75, 3.05) is 6.54 Å². The van der Waals surface area contributed by atoms with Crippen LogP contribution in [0.2, 0.25) is 0 Å². The Morgan fingerprint density at radius 1 is 0.927 bits per heavy atom. The molecule has 0 spiro atoms. The summed E-state index contributed by atoms with van der Waals surface area (Å²) in [5, 5.41) is 15.4. The molecule has 0 radical (unpaired) electrons. The fourth-order valence-electron chi connectivity index (χ4n) is 5.50. The molecule has 41 heavy (non-hydrogen) atoms. The second-order valence-electron chi connectivity index (χ2n) is 10.4. The molecule has 0 unspecified atom stereocenters. The number of benzene rings is 4. The first-order chi connectivity index (χ1) is 19.8. The van der Waals surface area contributed by atoms with Gasteiger partial charge in [-0.1, -0.05) is 68.4 Å². The summed E-state index contributed by atoms with van der Waals surface area (Å²) in [7, 11) is 0. The summed E-state index contributed by atoms with van der Waals surface area (Å²) >= 11 is 1.83. The third-order valence-electron chi connectivity index (χ3n) is 7.70. The van der Waals surface area contributed by atoms with Crippen LogP contribution >= 0.6 is 11.3 Å². The number of carboxylic acid groups (broad SMARTS) is 1. The molecule has 0 aliphatic rings. The van der Waals surface area contributed by atoms with Crippen molar-refractivity contribution in [3.8, 4) is 16.9 Å². The van der Waals surface area contributed by atoms with E-state index in [1.54, 1.807) is 0 Å². The Balaban J connectivity index is 1.64. The van der Waals surface area contributed by atoms with E-state index in [9.17, 15) is 9.59 Å². The molecule has 0 saturated heterocycles. The molecular formula is C35H35NO4S. The average Bonchev–Trinajstić information content (AvgIpc) is 3.26. The number of hydrogen-bond donors (Lipinski definition) is 2. The van der Waals surface area contributed by atoms with E-state index in [-0.39, 0.29) is 0 Å². The van der Waals surface area contributed by atoms with Crippen LogP contribution in [0.4, 0.5) is 0 Å². The van der Waals surface area contributed by atoms with Gasteiger partial charge in [0.25, 0.3) is 5.91 Å². The smallest absolute Gasteiger partial charge is 0.322 e. The SMILES string of the molecule is CCc1cc(-c2c3ccccc3cc3sc(C)c(C)c23)cc(CC)c1O[C@H](Cc1ccccc1)C(=O)NCC(=O)O. The lowest BCUT2D eigenvalue weighted by molar-refractivity contribution is -0.139. The highest BCUT2D eigenvalue weighted by molar-refractivity contribution is 7.19. The summed E-state index contributed by atoms with van der Waals surface area (Å²) in [6, 6.07) is 24.9. The van der Waals surface area contributed by atoms with Crippen LogP contribution in [0.1, 0.15) is 41.0 Å². The Bertz CT molecular complexity index is 1710. The summed E-state index contributed by atoms with van der Waals surface area (Å²) in [4.78, 5) is 25.7. The molecule has 1 atom stereocenters. The summed E-state index contributed by atoms with van der Waals surface area (Å²) in [6.45, 7) is 8.13. The molecular weight excluding hydrogens is 530 g/mol. The molecule has 1 heterocycles. The standard InChI is InChI=1S/C35H35NO4S/c1-5-24-17-27(33-28-15-11-10-14-26(28)19-30-32(33)21(3)22(4)41-30)18-25(6-2)34(24)40-29(35(39)36-20-31(37)38)16-23-12-8-7-9-13-23/h7-15,17-19,29H,5-6,16,20H2,1-4H3,(H,36,39)(H,37,38)/t29-/m1/s1. The minimum absolute atomic E-state index is 0.331. The number of carboxylic acids is 1. The van der Waals surface area contributed by atoms with Crippen molar-refractivity contribution in [1.82, 2.24) is 5.32 Å². The third-order valence-corrected chi connectivity index (χ3v) is 8.86. The maximum atomic E-state index is 13.2. The van der Waals surface area contributed by atoms with Crippen molar-refractivity contribution >= 4 is 44.1 Å². The first-order valence-electron chi connectivity index (χ1n) is 14.1. The summed E-state index contributed by atoms with van der Waals surface area (Å²) in [6.07, 6.45) is 0.905. The van der Waals surface area contributed by atoms with Crippen molar-refractivity contribution in [1.29, 1.82) is 0 Å². The molecule has 1 amide bonds. The van der Waals surface area contributed by atoms with E-state index in [0.717, 1.165) is 35.1 Å². The van der Waals surface area contributed by atoms with Crippen LogP contribution in [0.25, 0.3) is 32.0 Å². The van der Waals surface area contributed by atoms with Gasteiger partial charge in [0, 0.05) is 21.4 Å². The molecule has 1 aromatic heterocycles. The van der Waals surface area contributed by atoms with Crippen LogP contribution in [0.5, 0.6) is 5.75 Å². The topological polar surface area (TPSA) is 75.6 Å². The minimum Gasteiger partial charge on any atom is -0.480 e. The van der Waals surface area contributed by atoms with Gasteiger partial charge in [-0.05, 0) is 89.0 Å². The van der Waals surface area contributed by atoms with Crippen LogP contribution in [0, 0.1) is 13.8 Å².